The van der Waals surface area contributed by atoms with E-state index in [9.17, 15) is 0 Å². The standard InChI is InChI=1S/C7H18N2O/c1-2-3-6-9(10)7-4-5-8/h10H,2-8H2,1H3. The van der Waals surface area contributed by atoms with E-state index in [4.69, 9.17) is 10.9 Å². The fraction of sp³-hybridized carbons (Fsp3) is 1.00. The molecule has 0 aromatic carbocycles. The Bertz CT molecular complexity index is 60.6. The van der Waals surface area contributed by atoms with E-state index in [1.807, 2.05) is 0 Å². The summed E-state index contributed by atoms with van der Waals surface area (Å²) in [7, 11) is 0. The highest BCUT2D eigenvalue weighted by atomic mass is 16.5. The summed E-state index contributed by atoms with van der Waals surface area (Å²) in [5, 5.41) is 10.4. The smallest absolute Gasteiger partial charge is 0.0250 e. The average Bonchev–Trinajstić information content (AvgIpc) is 1.97. The van der Waals surface area contributed by atoms with Gasteiger partial charge in [0, 0.05) is 13.1 Å². The summed E-state index contributed by atoms with van der Waals surface area (Å²) in [6.07, 6.45) is 3.06. The molecule has 0 unspecified atom stereocenters. The van der Waals surface area contributed by atoms with E-state index in [2.05, 4.69) is 6.92 Å². The highest BCUT2D eigenvalue weighted by molar-refractivity contribution is 4.46. The molecule has 3 nitrogen and oxygen atoms in total. The number of nitrogens with zero attached hydrogens (tertiary/aromatic N) is 1. The normalized spacial score (nSPS) is 10.8. The number of hydroxylamine groups is 2. The van der Waals surface area contributed by atoms with E-state index >= 15 is 0 Å². The van der Waals surface area contributed by atoms with E-state index in [-0.39, 0.29) is 0 Å². The summed E-state index contributed by atoms with van der Waals surface area (Å²) < 4.78 is 0. The van der Waals surface area contributed by atoms with Crippen LogP contribution in [0.3, 0.4) is 0 Å². The van der Waals surface area contributed by atoms with Crippen LogP contribution in [0.2, 0.25) is 0 Å². The van der Waals surface area contributed by atoms with E-state index < -0.39 is 0 Å². The monoisotopic (exact) mass is 146 g/mol. The molecule has 10 heavy (non-hydrogen) atoms. The van der Waals surface area contributed by atoms with E-state index in [0.29, 0.717) is 13.1 Å². The number of nitrogens with two attached hydrogens (primary N) is 1. The third kappa shape index (κ3) is 6.01. The lowest BCUT2D eigenvalue weighted by Crippen LogP contribution is -2.23. The topological polar surface area (TPSA) is 49.5 Å². The van der Waals surface area contributed by atoms with Crippen molar-refractivity contribution >= 4 is 0 Å². The molecule has 0 aromatic rings. The minimum Gasteiger partial charge on any atom is -0.330 e. The van der Waals surface area contributed by atoms with Crippen molar-refractivity contribution < 1.29 is 5.21 Å². The molecule has 0 rings (SSSR count). The van der Waals surface area contributed by atoms with Crippen LogP contribution in [0.1, 0.15) is 26.2 Å². The predicted octanol–water partition coefficient (Wildman–Crippen LogP) is 0.827. The third-order valence-corrected chi connectivity index (χ3v) is 1.39. The maximum Gasteiger partial charge on any atom is 0.0250 e. The first kappa shape index (κ1) is 9.88. The second kappa shape index (κ2) is 6.99. The van der Waals surface area contributed by atoms with Gasteiger partial charge in [0.1, 0.15) is 0 Å². The number of hydrogen-bond acceptors (Lipinski definition) is 3. The molecule has 0 spiro atoms. The van der Waals surface area contributed by atoms with Gasteiger partial charge < -0.3 is 10.9 Å². The van der Waals surface area contributed by atoms with E-state index in [1.54, 1.807) is 0 Å². The van der Waals surface area contributed by atoms with Gasteiger partial charge in [0.15, 0.2) is 0 Å². The maximum atomic E-state index is 9.09. The van der Waals surface area contributed by atoms with Gasteiger partial charge in [0.05, 0.1) is 0 Å². The maximum absolute atomic E-state index is 9.09. The number of hydrogen-bond donors (Lipinski definition) is 2. The zero-order valence-corrected chi connectivity index (χ0v) is 6.71. The fourth-order valence-corrected chi connectivity index (χ4v) is 0.726. The van der Waals surface area contributed by atoms with Gasteiger partial charge >= 0.3 is 0 Å². The molecule has 0 amide bonds. The Morgan fingerprint density at radius 3 is 2.40 bits per heavy atom. The Balaban J connectivity index is 3.00. The zero-order chi connectivity index (χ0) is 7.82. The lowest BCUT2D eigenvalue weighted by atomic mass is 10.3. The molecular weight excluding hydrogens is 128 g/mol. The van der Waals surface area contributed by atoms with Crippen LogP contribution in [-0.4, -0.2) is 29.9 Å². The second-order valence-electron chi connectivity index (χ2n) is 2.45. The van der Waals surface area contributed by atoms with Crippen molar-refractivity contribution in [1.82, 2.24) is 5.06 Å². The van der Waals surface area contributed by atoms with E-state index in [1.165, 1.54) is 5.06 Å². The molecule has 62 valence electrons. The van der Waals surface area contributed by atoms with Crippen molar-refractivity contribution in [2.45, 2.75) is 26.2 Å². The number of unbranched alkanes of at least 4 members (excludes halogenated alkanes) is 1. The molecule has 3 N–H and O–H groups in total. The van der Waals surface area contributed by atoms with Crippen LogP contribution in [0.5, 0.6) is 0 Å². The lowest BCUT2D eigenvalue weighted by Gasteiger charge is -2.12. The fourth-order valence-electron chi connectivity index (χ4n) is 0.726. The average molecular weight is 146 g/mol. The molecule has 0 bridgehead atoms. The summed E-state index contributed by atoms with van der Waals surface area (Å²) in [5.41, 5.74) is 5.27. The molecule has 0 atom stereocenters. The van der Waals surface area contributed by atoms with Crippen LogP contribution in [0, 0.1) is 0 Å². The lowest BCUT2D eigenvalue weighted by molar-refractivity contribution is -0.0914. The molecule has 0 radical (unpaired) electrons. The first-order valence-corrected chi connectivity index (χ1v) is 3.95. The minimum atomic E-state index is 0.656. The summed E-state index contributed by atoms with van der Waals surface area (Å²) in [4.78, 5) is 0. The Morgan fingerprint density at radius 2 is 1.90 bits per heavy atom. The van der Waals surface area contributed by atoms with Gasteiger partial charge in [0.25, 0.3) is 0 Å². The largest absolute Gasteiger partial charge is 0.330 e. The van der Waals surface area contributed by atoms with Crippen molar-refractivity contribution in [2.24, 2.45) is 5.73 Å². The summed E-state index contributed by atoms with van der Waals surface area (Å²) >= 11 is 0. The van der Waals surface area contributed by atoms with Crippen LogP contribution in [-0.2, 0) is 0 Å². The van der Waals surface area contributed by atoms with Gasteiger partial charge in [0.2, 0.25) is 0 Å². The summed E-state index contributed by atoms with van der Waals surface area (Å²) in [5.74, 6) is 0. The molecule has 0 heterocycles. The first-order valence-electron chi connectivity index (χ1n) is 3.95. The summed E-state index contributed by atoms with van der Waals surface area (Å²) in [6.45, 7) is 4.24. The zero-order valence-electron chi connectivity index (χ0n) is 6.71. The van der Waals surface area contributed by atoms with Crippen LogP contribution >= 0.6 is 0 Å². The van der Waals surface area contributed by atoms with Crippen LogP contribution in [0.25, 0.3) is 0 Å². The molecule has 0 aromatic heterocycles. The predicted molar refractivity (Wildman–Crippen MR) is 41.9 cm³/mol. The van der Waals surface area contributed by atoms with Gasteiger partial charge in [-0.1, -0.05) is 13.3 Å². The highest BCUT2D eigenvalue weighted by Gasteiger charge is 1.96. The molecule has 0 aliphatic rings. The van der Waals surface area contributed by atoms with Crippen LogP contribution in [0.15, 0.2) is 0 Å². The summed E-state index contributed by atoms with van der Waals surface area (Å²) in [6, 6.07) is 0. The Morgan fingerprint density at radius 1 is 1.30 bits per heavy atom. The van der Waals surface area contributed by atoms with Gasteiger partial charge in [-0.05, 0) is 19.4 Å². The molecule has 0 fully saturated rings. The highest BCUT2D eigenvalue weighted by Crippen LogP contribution is 1.91. The van der Waals surface area contributed by atoms with Crippen molar-refractivity contribution in [3.05, 3.63) is 0 Å². The second-order valence-corrected chi connectivity index (χ2v) is 2.45. The first-order chi connectivity index (χ1) is 4.81. The molecule has 0 saturated heterocycles. The van der Waals surface area contributed by atoms with E-state index in [0.717, 1.165) is 25.8 Å². The molecular formula is C7H18N2O. The quantitative estimate of drug-likeness (QED) is 0.546. The van der Waals surface area contributed by atoms with Crippen LogP contribution < -0.4 is 5.73 Å². The minimum absolute atomic E-state index is 0.656. The SMILES string of the molecule is CCCCN(O)CCCN. The molecule has 0 aliphatic heterocycles. The van der Waals surface area contributed by atoms with Crippen molar-refractivity contribution in [2.75, 3.05) is 19.6 Å². The van der Waals surface area contributed by atoms with Crippen molar-refractivity contribution in [1.29, 1.82) is 0 Å². The Labute approximate surface area is 62.8 Å². The Hall–Kier alpha value is -0.120. The molecule has 0 aliphatic carbocycles. The van der Waals surface area contributed by atoms with Gasteiger partial charge in [-0.25, -0.2) is 0 Å². The molecule has 3 heteroatoms. The van der Waals surface area contributed by atoms with Gasteiger partial charge in [-0.2, -0.15) is 5.06 Å². The molecule has 0 saturated carbocycles. The number of rotatable bonds is 6. The van der Waals surface area contributed by atoms with Gasteiger partial charge in [-0.3, -0.25) is 0 Å². The van der Waals surface area contributed by atoms with Crippen LogP contribution in [0.4, 0.5) is 0 Å². The third-order valence-electron chi connectivity index (χ3n) is 1.39. The Kier molecular flexibility index (Phi) is 6.91. The van der Waals surface area contributed by atoms with Gasteiger partial charge in [-0.15, -0.1) is 0 Å². The van der Waals surface area contributed by atoms with Crippen molar-refractivity contribution in [3.8, 4) is 0 Å². The van der Waals surface area contributed by atoms with Crippen molar-refractivity contribution in [3.63, 3.8) is 0 Å².